The normalized spacial score (nSPS) is 30.9. The maximum absolute atomic E-state index is 4.42. The monoisotopic (exact) mass is 276 g/mol. The van der Waals surface area contributed by atoms with Crippen LogP contribution in [0.25, 0.3) is 0 Å². The lowest BCUT2D eigenvalue weighted by molar-refractivity contribution is 0.0482. The second-order valence-corrected chi connectivity index (χ2v) is 6.88. The van der Waals surface area contributed by atoms with E-state index in [4.69, 9.17) is 0 Å². The van der Waals surface area contributed by atoms with E-state index in [0.29, 0.717) is 12.1 Å². The van der Waals surface area contributed by atoms with Crippen molar-refractivity contribution in [3.63, 3.8) is 0 Å². The molecule has 1 N–H and O–H groups in total. The van der Waals surface area contributed by atoms with Crippen LogP contribution in [0.15, 0.2) is 12.4 Å². The summed E-state index contributed by atoms with van der Waals surface area (Å²) in [6.45, 7) is 5.30. The Hall–Kier alpha value is -0.870. The van der Waals surface area contributed by atoms with Gasteiger partial charge in [0.05, 0.1) is 6.20 Å². The largest absolute Gasteiger partial charge is 0.310 e. The number of hydrogen-bond acceptors (Lipinski definition) is 3. The van der Waals surface area contributed by atoms with Crippen LogP contribution < -0.4 is 5.32 Å². The molecule has 0 saturated carbocycles. The Kier molecular flexibility index (Phi) is 4.13. The Balaban J connectivity index is 1.53. The highest BCUT2D eigenvalue weighted by atomic mass is 15.3. The van der Waals surface area contributed by atoms with Gasteiger partial charge in [-0.1, -0.05) is 6.42 Å². The third kappa shape index (κ3) is 2.91. The zero-order valence-corrected chi connectivity index (χ0v) is 13.0. The molecule has 20 heavy (non-hydrogen) atoms. The van der Waals surface area contributed by atoms with Crippen LogP contribution in [0.1, 0.15) is 57.6 Å². The Morgan fingerprint density at radius 3 is 2.60 bits per heavy atom. The number of piperidine rings is 2. The van der Waals surface area contributed by atoms with Crippen molar-refractivity contribution in [3.05, 3.63) is 18.0 Å². The first-order valence-electron chi connectivity index (χ1n) is 8.12. The van der Waals surface area contributed by atoms with E-state index in [-0.39, 0.29) is 0 Å². The fourth-order valence-corrected chi connectivity index (χ4v) is 3.80. The molecule has 2 bridgehead atoms. The van der Waals surface area contributed by atoms with Gasteiger partial charge in [0.15, 0.2) is 0 Å². The van der Waals surface area contributed by atoms with E-state index < -0.39 is 0 Å². The van der Waals surface area contributed by atoms with Crippen molar-refractivity contribution in [2.45, 2.75) is 76.7 Å². The second-order valence-electron chi connectivity index (χ2n) is 6.88. The van der Waals surface area contributed by atoms with Crippen LogP contribution >= 0.6 is 0 Å². The van der Waals surface area contributed by atoms with Crippen LogP contribution in [-0.4, -0.2) is 39.9 Å². The minimum Gasteiger partial charge on any atom is -0.310 e. The molecule has 4 heteroatoms. The quantitative estimate of drug-likeness (QED) is 0.917. The van der Waals surface area contributed by atoms with Crippen molar-refractivity contribution < 1.29 is 0 Å². The van der Waals surface area contributed by atoms with Crippen LogP contribution in [0, 0.1) is 0 Å². The number of rotatable bonds is 4. The van der Waals surface area contributed by atoms with Gasteiger partial charge in [-0.05, 0) is 46.6 Å². The first kappa shape index (κ1) is 14.1. The molecule has 0 amide bonds. The van der Waals surface area contributed by atoms with Gasteiger partial charge in [0.2, 0.25) is 0 Å². The van der Waals surface area contributed by atoms with Gasteiger partial charge >= 0.3 is 0 Å². The van der Waals surface area contributed by atoms with E-state index in [2.05, 4.69) is 42.4 Å². The molecule has 3 rings (SSSR count). The molecule has 2 aliphatic rings. The third-order valence-electron chi connectivity index (χ3n) is 5.12. The lowest BCUT2D eigenvalue weighted by Gasteiger charge is -2.47. The van der Waals surface area contributed by atoms with Crippen molar-refractivity contribution in [1.82, 2.24) is 20.0 Å². The highest BCUT2D eigenvalue weighted by Crippen LogP contribution is 2.32. The van der Waals surface area contributed by atoms with E-state index in [1.54, 1.807) is 0 Å². The molecule has 0 aromatic carbocycles. The predicted octanol–water partition coefficient (Wildman–Crippen LogP) is 2.57. The van der Waals surface area contributed by atoms with E-state index in [1.165, 1.54) is 37.7 Å². The van der Waals surface area contributed by atoms with Crippen LogP contribution in [0.4, 0.5) is 0 Å². The van der Waals surface area contributed by atoms with Crippen LogP contribution in [0.5, 0.6) is 0 Å². The van der Waals surface area contributed by atoms with Gasteiger partial charge in [0, 0.05) is 42.5 Å². The Morgan fingerprint density at radius 2 is 2.00 bits per heavy atom. The molecule has 0 radical (unpaired) electrons. The second kappa shape index (κ2) is 5.86. The molecule has 2 unspecified atom stereocenters. The van der Waals surface area contributed by atoms with Crippen molar-refractivity contribution in [1.29, 1.82) is 0 Å². The van der Waals surface area contributed by atoms with Crippen molar-refractivity contribution in [2.24, 2.45) is 0 Å². The number of aromatic nitrogens is 2. The molecule has 3 heterocycles. The summed E-state index contributed by atoms with van der Waals surface area (Å²) in [6.07, 6.45) is 11.0. The molecule has 0 aliphatic carbocycles. The molecule has 4 nitrogen and oxygen atoms in total. The summed E-state index contributed by atoms with van der Waals surface area (Å²) in [5, 5.41) is 8.18. The molecule has 2 aliphatic heterocycles. The van der Waals surface area contributed by atoms with Crippen molar-refractivity contribution in [2.75, 3.05) is 7.05 Å². The minimum atomic E-state index is 0.450. The van der Waals surface area contributed by atoms with Gasteiger partial charge in [-0.3, -0.25) is 4.68 Å². The average Bonchev–Trinajstić information content (AvgIpc) is 2.86. The Morgan fingerprint density at radius 1 is 1.30 bits per heavy atom. The lowest BCUT2D eigenvalue weighted by Crippen LogP contribution is -2.54. The van der Waals surface area contributed by atoms with Crippen LogP contribution in [-0.2, 0) is 6.54 Å². The maximum atomic E-state index is 4.42. The van der Waals surface area contributed by atoms with Crippen molar-refractivity contribution >= 4 is 0 Å². The molecule has 2 atom stereocenters. The number of hydrogen-bond donors (Lipinski definition) is 1. The van der Waals surface area contributed by atoms with Gasteiger partial charge in [0.1, 0.15) is 0 Å². The SMILES string of the molecule is CC(C)n1cc(CNC2CC3CCCC(C2)N3C)cn1. The minimum absolute atomic E-state index is 0.450. The summed E-state index contributed by atoms with van der Waals surface area (Å²) >= 11 is 0. The zero-order valence-electron chi connectivity index (χ0n) is 13.0. The van der Waals surface area contributed by atoms with Gasteiger partial charge in [0.25, 0.3) is 0 Å². The van der Waals surface area contributed by atoms with Gasteiger partial charge in [-0.25, -0.2) is 0 Å². The molecule has 1 aromatic rings. The van der Waals surface area contributed by atoms with Crippen LogP contribution in [0.2, 0.25) is 0 Å². The molecule has 1 aromatic heterocycles. The average molecular weight is 276 g/mol. The highest BCUT2D eigenvalue weighted by Gasteiger charge is 2.35. The molecular formula is C16H28N4. The van der Waals surface area contributed by atoms with Crippen molar-refractivity contribution in [3.8, 4) is 0 Å². The van der Waals surface area contributed by atoms with E-state index in [1.807, 2.05) is 10.9 Å². The molecule has 112 valence electrons. The van der Waals surface area contributed by atoms with E-state index >= 15 is 0 Å². The van der Waals surface area contributed by atoms with Crippen LogP contribution in [0.3, 0.4) is 0 Å². The number of nitrogens with zero attached hydrogens (tertiary/aromatic N) is 3. The van der Waals surface area contributed by atoms with E-state index in [0.717, 1.165) is 18.6 Å². The predicted molar refractivity (Wildman–Crippen MR) is 81.7 cm³/mol. The maximum Gasteiger partial charge on any atom is 0.0534 e. The number of fused-ring (bicyclic) bond motifs is 2. The number of nitrogens with one attached hydrogen (secondary N) is 1. The highest BCUT2D eigenvalue weighted by molar-refractivity contribution is 5.05. The fraction of sp³-hybridized carbons (Fsp3) is 0.812. The lowest BCUT2D eigenvalue weighted by atomic mass is 9.82. The standard InChI is InChI=1S/C16H28N4/c1-12(2)20-11-13(10-18-20)9-17-14-7-15-5-4-6-16(8-14)19(15)3/h10-12,14-17H,4-9H2,1-3H3. The summed E-state index contributed by atoms with van der Waals surface area (Å²) in [6, 6.07) is 2.74. The smallest absolute Gasteiger partial charge is 0.0534 e. The molecule has 2 fully saturated rings. The Bertz CT molecular complexity index is 425. The summed E-state index contributed by atoms with van der Waals surface area (Å²) in [5.41, 5.74) is 1.31. The summed E-state index contributed by atoms with van der Waals surface area (Å²) in [4.78, 5) is 2.62. The first-order valence-corrected chi connectivity index (χ1v) is 8.12. The fourth-order valence-electron chi connectivity index (χ4n) is 3.80. The topological polar surface area (TPSA) is 33.1 Å². The summed E-state index contributed by atoms with van der Waals surface area (Å²) < 4.78 is 2.04. The third-order valence-corrected chi connectivity index (χ3v) is 5.12. The van der Waals surface area contributed by atoms with Gasteiger partial charge in [-0.2, -0.15) is 5.10 Å². The first-order chi connectivity index (χ1) is 9.63. The molecule has 2 saturated heterocycles. The summed E-state index contributed by atoms with van der Waals surface area (Å²) in [5.74, 6) is 0. The van der Waals surface area contributed by atoms with E-state index in [9.17, 15) is 0 Å². The molecular weight excluding hydrogens is 248 g/mol. The zero-order chi connectivity index (χ0) is 14.1. The Labute approximate surface area is 122 Å². The van der Waals surface area contributed by atoms with Gasteiger partial charge in [-0.15, -0.1) is 0 Å². The molecule has 0 spiro atoms. The summed E-state index contributed by atoms with van der Waals surface area (Å²) in [7, 11) is 2.32. The van der Waals surface area contributed by atoms with Gasteiger partial charge < -0.3 is 10.2 Å².